The lowest BCUT2D eigenvalue weighted by Gasteiger charge is -2.31. The zero-order valence-corrected chi connectivity index (χ0v) is 19.0. The maximum absolute atomic E-state index is 13.5. The molecule has 1 aliphatic carbocycles. The predicted octanol–water partition coefficient (Wildman–Crippen LogP) is 2.32. The Kier molecular flexibility index (Phi) is 5.49. The van der Waals surface area contributed by atoms with E-state index in [0.717, 1.165) is 41.3 Å². The summed E-state index contributed by atoms with van der Waals surface area (Å²) in [6.45, 7) is 2.34. The van der Waals surface area contributed by atoms with Gasteiger partial charge in [0, 0.05) is 11.7 Å². The summed E-state index contributed by atoms with van der Waals surface area (Å²) in [7, 11) is 0. The van der Waals surface area contributed by atoms with Crippen LogP contribution in [0, 0.1) is 6.92 Å². The van der Waals surface area contributed by atoms with Crippen LogP contribution in [0.25, 0.3) is 10.8 Å². The second kappa shape index (κ2) is 8.62. The first-order valence-corrected chi connectivity index (χ1v) is 11.3. The van der Waals surface area contributed by atoms with Crippen LogP contribution in [0.15, 0.2) is 59.7 Å². The SMILES string of the molecule is Cc1cccc2cc(CNc3ncnc(N)c3C(=[NH2+])c3cccc(O)c3)n(C3CCC3)c(=O)c12. The van der Waals surface area contributed by atoms with Crippen LogP contribution in [-0.2, 0) is 6.54 Å². The minimum absolute atomic E-state index is 0.0466. The van der Waals surface area contributed by atoms with Gasteiger partial charge in [-0.2, -0.15) is 0 Å². The van der Waals surface area contributed by atoms with E-state index in [1.807, 2.05) is 29.7 Å². The van der Waals surface area contributed by atoms with E-state index in [9.17, 15) is 9.90 Å². The molecule has 0 bridgehead atoms. The fourth-order valence-electron chi connectivity index (χ4n) is 4.58. The molecule has 2 heterocycles. The predicted molar refractivity (Wildman–Crippen MR) is 133 cm³/mol. The summed E-state index contributed by atoms with van der Waals surface area (Å²) in [6.07, 6.45) is 4.49. The number of hydrogen-bond acceptors (Lipinski definition) is 6. The molecule has 2 aromatic carbocycles. The van der Waals surface area contributed by atoms with E-state index in [-0.39, 0.29) is 23.2 Å². The molecule has 1 saturated carbocycles. The van der Waals surface area contributed by atoms with Crippen LogP contribution in [-0.4, -0.2) is 25.4 Å². The number of phenolic OH excluding ortho intramolecular Hbond substituents is 1. The van der Waals surface area contributed by atoms with Crippen molar-refractivity contribution >= 4 is 28.1 Å². The third-order valence-electron chi connectivity index (χ3n) is 6.55. The lowest BCUT2D eigenvalue weighted by atomic mass is 9.91. The van der Waals surface area contributed by atoms with Gasteiger partial charge in [0.1, 0.15) is 29.3 Å². The highest BCUT2D eigenvalue weighted by atomic mass is 16.3. The van der Waals surface area contributed by atoms with Gasteiger partial charge >= 0.3 is 0 Å². The molecule has 5 rings (SSSR count). The van der Waals surface area contributed by atoms with Crippen molar-refractivity contribution < 1.29 is 10.5 Å². The Morgan fingerprint density at radius 2 is 2.00 bits per heavy atom. The number of benzene rings is 2. The lowest BCUT2D eigenvalue weighted by Crippen LogP contribution is -2.42. The van der Waals surface area contributed by atoms with Crippen LogP contribution < -0.4 is 22.0 Å². The Bertz CT molecular complexity index is 1470. The van der Waals surface area contributed by atoms with Crippen LogP contribution in [0.2, 0.25) is 0 Å². The largest absolute Gasteiger partial charge is 0.508 e. The first kappa shape index (κ1) is 21.6. The van der Waals surface area contributed by atoms with Gasteiger partial charge in [-0.25, -0.2) is 9.97 Å². The van der Waals surface area contributed by atoms with Gasteiger partial charge in [-0.15, -0.1) is 0 Å². The summed E-state index contributed by atoms with van der Waals surface area (Å²) in [4.78, 5) is 22.0. The van der Waals surface area contributed by atoms with E-state index in [2.05, 4.69) is 21.4 Å². The molecule has 6 N–H and O–H groups in total. The highest BCUT2D eigenvalue weighted by Gasteiger charge is 2.25. The van der Waals surface area contributed by atoms with Crippen LogP contribution in [0.3, 0.4) is 0 Å². The summed E-state index contributed by atoms with van der Waals surface area (Å²) in [5.74, 6) is 0.788. The number of pyridine rings is 1. The molecule has 0 radical (unpaired) electrons. The average Bonchev–Trinajstić information content (AvgIpc) is 2.78. The number of hydrogen-bond donors (Lipinski definition) is 4. The Hall–Kier alpha value is -4.20. The molecule has 0 spiro atoms. The molecule has 34 heavy (non-hydrogen) atoms. The van der Waals surface area contributed by atoms with Gasteiger partial charge in [0.2, 0.25) is 5.71 Å². The minimum Gasteiger partial charge on any atom is -0.508 e. The third kappa shape index (κ3) is 3.77. The number of aromatic nitrogens is 3. The minimum atomic E-state index is 0.0466. The second-order valence-electron chi connectivity index (χ2n) is 8.73. The molecule has 0 saturated heterocycles. The van der Waals surface area contributed by atoms with Crippen molar-refractivity contribution in [1.82, 2.24) is 14.5 Å². The number of nitrogens with one attached hydrogen (secondary N) is 1. The highest BCUT2D eigenvalue weighted by molar-refractivity contribution is 6.14. The summed E-state index contributed by atoms with van der Waals surface area (Å²) in [5.41, 5.74) is 9.51. The summed E-state index contributed by atoms with van der Waals surface area (Å²) < 4.78 is 1.93. The standard InChI is InChI=1S/C26H26N6O2/c1-15-5-2-6-16-11-19(32(18-8-4-9-18)26(34)21(15)16)13-29-25-22(24(28)30-14-31-25)23(27)17-7-3-10-20(33)12-17/h2-3,5-7,10-12,14,18,27,33H,4,8-9,13H2,1H3,(H3,28,29,30,31)/p+1. The lowest BCUT2D eigenvalue weighted by molar-refractivity contribution is -0.111. The maximum atomic E-state index is 13.5. The van der Waals surface area contributed by atoms with Crippen molar-refractivity contribution in [2.75, 3.05) is 11.1 Å². The molecule has 0 unspecified atom stereocenters. The number of aryl methyl sites for hydroxylation is 1. The van der Waals surface area contributed by atoms with E-state index in [1.54, 1.807) is 24.3 Å². The van der Waals surface area contributed by atoms with E-state index >= 15 is 0 Å². The molecule has 8 nitrogen and oxygen atoms in total. The summed E-state index contributed by atoms with van der Waals surface area (Å²) >= 11 is 0. The number of aromatic hydroxyl groups is 1. The highest BCUT2D eigenvalue weighted by Crippen LogP contribution is 2.33. The number of nitrogens with two attached hydrogens (primary N) is 2. The molecule has 8 heteroatoms. The topological polar surface area (TPSA) is 132 Å². The monoisotopic (exact) mass is 455 g/mol. The van der Waals surface area contributed by atoms with Crippen molar-refractivity contribution in [3.63, 3.8) is 0 Å². The van der Waals surface area contributed by atoms with Gasteiger partial charge in [-0.1, -0.05) is 24.3 Å². The molecule has 0 aliphatic heterocycles. The Balaban J connectivity index is 1.54. The smallest absolute Gasteiger partial charge is 0.259 e. The quantitative estimate of drug-likeness (QED) is 0.330. The fraction of sp³-hybridized carbons (Fsp3) is 0.231. The van der Waals surface area contributed by atoms with Crippen molar-refractivity contribution in [3.05, 3.63) is 87.6 Å². The number of nitrogens with zero attached hydrogens (tertiary/aromatic N) is 3. The third-order valence-corrected chi connectivity index (χ3v) is 6.55. The average molecular weight is 456 g/mol. The van der Waals surface area contributed by atoms with E-state index in [4.69, 9.17) is 11.1 Å². The number of nitrogen functional groups attached to an aromatic ring is 1. The van der Waals surface area contributed by atoms with E-state index in [0.29, 0.717) is 29.2 Å². The zero-order chi connectivity index (χ0) is 23.8. The number of rotatable bonds is 6. The molecule has 172 valence electrons. The maximum Gasteiger partial charge on any atom is 0.259 e. The Morgan fingerprint density at radius 3 is 2.74 bits per heavy atom. The van der Waals surface area contributed by atoms with E-state index < -0.39 is 0 Å². The fourth-order valence-corrected chi connectivity index (χ4v) is 4.58. The first-order chi connectivity index (χ1) is 16.4. The van der Waals surface area contributed by atoms with Crippen LogP contribution in [0.5, 0.6) is 5.75 Å². The van der Waals surface area contributed by atoms with E-state index in [1.165, 1.54) is 6.33 Å². The zero-order valence-electron chi connectivity index (χ0n) is 19.0. The number of fused-ring (bicyclic) bond motifs is 1. The van der Waals surface area contributed by atoms with Gasteiger partial charge in [0.05, 0.1) is 17.5 Å². The van der Waals surface area contributed by atoms with Crippen molar-refractivity contribution in [1.29, 1.82) is 0 Å². The molecule has 4 aromatic rings. The molecular weight excluding hydrogens is 428 g/mol. The molecule has 1 fully saturated rings. The van der Waals surface area contributed by atoms with Gasteiger partial charge in [-0.3, -0.25) is 10.2 Å². The van der Waals surface area contributed by atoms with Crippen LogP contribution in [0.1, 0.15) is 47.7 Å². The van der Waals surface area contributed by atoms with Gasteiger partial charge < -0.3 is 20.7 Å². The van der Waals surface area contributed by atoms with Gasteiger partial charge in [-0.05, 0) is 61.4 Å². The molecule has 0 atom stereocenters. The number of anilines is 2. The molecule has 1 aliphatic rings. The van der Waals surface area contributed by atoms with Gasteiger partial charge in [0.15, 0.2) is 0 Å². The van der Waals surface area contributed by atoms with Gasteiger partial charge in [0.25, 0.3) is 5.56 Å². The Labute approximate surface area is 196 Å². The molecular formula is C26H27N6O2+. The summed E-state index contributed by atoms with van der Waals surface area (Å²) in [5, 5.41) is 21.3. The Morgan fingerprint density at radius 1 is 1.21 bits per heavy atom. The van der Waals surface area contributed by atoms with Crippen molar-refractivity contribution in [3.8, 4) is 5.75 Å². The second-order valence-corrected chi connectivity index (χ2v) is 8.73. The number of phenols is 1. The summed E-state index contributed by atoms with van der Waals surface area (Å²) in [6, 6.07) is 14.8. The van der Waals surface area contributed by atoms with Crippen molar-refractivity contribution in [2.45, 2.75) is 38.8 Å². The normalized spacial score (nSPS) is 13.6. The van der Waals surface area contributed by atoms with Crippen LogP contribution >= 0.6 is 0 Å². The van der Waals surface area contributed by atoms with Crippen molar-refractivity contribution in [2.24, 2.45) is 0 Å². The first-order valence-electron chi connectivity index (χ1n) is 11.3. The molecule has 2 aromatic heterocycles. The van der Waals surface area contributed by atoms with Crippen LogP contribution in [0.4, 0.5) is 11.6 Å². The molecule has 0 amide bonds.